The SMILES string of the molecule is CN(C)CCOCCNC(=O)N[C@H](CCO)C(=O)O. The molecule has 0 aliphatic rings. The average Bonchev–Trinajstić information content (AvgIpc) is 2.32. The first-order valence-electron chi connectivity index (χ1n) is 6.08. The topological polar surface area (TPSA) is 111 Å². The zero-order valence-electron chi connectivity index (χ0n) is 11.4. The molecule has 0 heterocycles. The molecule has 0 aromatic carbocycles. The molecular weight excluding hydrogens is 254 g/mol. The van der Waals surface area contributed by atoms with Gasteiger partial charge in [0, 0.05) is 26.1 Å². The van der Waals surface area contributed by atoms with Gasteiger partial charge in [0.05, 0.1) is 13.2 Å². The molecule has 0 aromatic heterocycles. The van der Waals surface area contributed by atoms with Crippen LogP contribution in [-0.4, -0.2) is 80.2 Å². The van der Waals surface area contributed by atoms with Gasteiger partial charge in [-0.15, -0.1) is 0 Å². The predicted octanol–water partition coefficient (Wildman–Crippen LogP) is -1.30. The summed E-state index contributed by atoms with van der Waals surface area (Å²) in [5, 5.41) is 22.2. The van der Waals surface area contributed by atoms with Crippen molar-refractivity contribution in [3.05, 3.63) is 0 Å². The van der Waals surface area contributed by atoms with E-state index in [0.29, 0.717) is 19.8 Å². The minimum atomic E-state index is -1.17. The summed E-state index contributed by atoms with van der Waals surface area (Å²) < 4.78 is 5.25. The number of carboxylic acids is 1. The summed E-state index contributed by atoms with van der Waals surface area (Å²) in [5.74, 6) is -1.17. The molecule has 4 N–H and O–H groups in total. The molecule has 0 unspecified atom stereocenters. The Labute approximate surface area is 112 Å². The number of aliphatic hydroxyl groups excluding tert-OH is 1. The number of carbonyl (C=O) groups excluding carboxylic acids is 1. The van der Waals surface area contributed by atoms with Crippen LogP contribution in [0, 0.1) is 0 Å². The van der Waals surface area contributed by atoms with Crippen molar-refractivity contribution < 1.29 is 24.5 Å². The molecule has 19 heavy (non-hydrogen) atoms. The van der Waals surface area contributed by atoms with Gasteiger partial charge in [0.1, 0.15) is 6.04 Å². The van der Waals surface area contributed by atoms with Crippen LogP contribution in [0.25, 0.3) is 0 Å². The standard InChI is InChI=1S/C11H23N3O5/c1-14(2)5-8-19-7-4-12-11(18)13-9(3-6-15)10(16)17/h9,15H,3-8H2,1-2H3,(H,16,17)(H2,12,13,18)/t9-/m1/s1. The number of hydrogen-bond acceptors (Lipinski definition) is 5. The van der Waals surface area contributed by atoms with E-state index in [9.17, 15) is 9.59 Å². The Morgan fingerprint density at radius 2 is 2.00 bits per heavy atom. The van der Waals surface area contributed by atoms with E-state index in [1.165, 1.54) is 0 Å². The smallest absolute Gasteiger partial charge is 0.326 e. The van der Waals surface area contributed by atoms with E-state index >= 15 is 0 Å². The molecule has 0 aromatic rings. The molecule has 0 saturated carbocycles. The summed E-state index contributed by atoms with van der Waals surface area (Å²) in [7, 11) is 3.87. The molecule has 2 amide bonds. The molecule has 0 bridgehead atoms. The number of likely N-dealkylation sites (N-methyl/N-ethyl adjacent to an activating group) is 1. The Hall–Kier alpha value is -1.38. The van der Waals surface area contributed by atoms with Crippen LogP contribution >= 0.6 is 0 Å². The third-order valence-corrected chi connectivity index (χ3v) is 2.24. The van der Waals surface area contributed by atoms with Crippen LogP contribution in [0.3, 0.4) is 0 Å². The minimum absolute atomic E-state index is 0.0257. The number of hydrogen-bond donors (Lipinski definition) is 4. The molecule has 8 heteroatoms. The zero-order valence-corrected chi connectivity index (χ0v) is 11.4. The molecule has 0 spiro atoms. The molecule has 0 rings (SSSR count). The fraction of sp³-hybridized carbons (Fsp3) is 0.818. The first kappa shape index (κ1) is 17.6. The largest absolute Gasteiger partial charge is 0.480 e. The fourth-order valence-corrected chi connectivity index (χ4v) is 1.18. The highest BCUT2D eigenvalue weighted by Gasteiger charge is 2.18. The molecule has 0 fully saturated rings. The first-order valence-corrected chi connectivity index (χ1v) is 6.08. The summed E-state index contributed by atoms with van der Waals surface area (Å²) in [6.07, 6.45) is -0.0257. The van der Waals surface area contributed by atoms with E-state index < -0.39 is 18.0 Å². The molecule has 0 aliphatic carbocycles. The van der Waals surface area contributed by atoms with Crippen LogP contribution in [0.2, 0.25) is 0 Å². The van der Waals surface area contributed by atoms with E-state index in [2.05, 4.69) is 10.6 Å². The number of aliphatic hydroxyl groups is 1. The van der Waals surface area contributed by atoms with Gasteiger partial charge in [-0.3, -0.25) is 0 Å². The van der Waals surface area contributed by atoms with Crippen LogP contribution in [0.15, 0.2) is 0 Å². The number of ether oxygens (including phenoxy) is 1. The van der Waals surface area contributed by atoms with Crippen LogP contribution in [0.5, 0.6) is 0 Å². The van der Waals surface area contributed by atoms with Gasteiger partial charge in [0.15, 0.2) is 0 Å². The van der Waals surface area contributed by atoms with Crippen molar-refractivity contribution in [3.63, 3.8) is 0 Å². The quantitative estimate of drug-likeness (QED) is 0.369. The average molecular weight is 277 g/mol. The molecular formula is C11H23N3O5. The monoisotopic (exact) mass is 277 g/mol. The van der Waals surface area contributed by atoms with Gasteiger partial charge in [-0.1, -0.05) is 0 Å². The van der Waals surface area contributed by atoms with Crippen molar-refractivity contribution in [1.82, 2.24) is 15.5 Å². The maximum absolute atomic E-state index is 11.3. The summed E-state index contributed by atoms with van der Waals surface area (Å²) >= 11 is 0. The lowest BCUT2D eigenvalue weighted by Crippen LogP contribution is -2.47. The highest BCUT2D eigenvalue weighted by Crippen LogP contribution is 1.90. The van der Waals surface area contributed by atoms with Crippen molar-refractivity contribution >= 4 is 12.0 Å². The van der Waals surface area contributed by atoms with Crippen molar-refractivity contribution in [2.75, 3.05) is 47.0 Å². The summed E-state index contributed by atoms with van der Waals surface area (Å²) in [6.45, 7) is 1.72. The second-order valence-corrected chi connectivity index (χ2v) is 4.22. The predicted molar refractivity (Wildman–Crippen MR) is 69.0 cm³/mol. The van der Waals surface area contributed by atoms with Crippen LogP contribution < -0.4 is 10.6 Å². The number of rotatable bonds is 10. The second-order valence-electron chi connectivity index (χ2n) is 4.22. The third kappa shape index (κ3) is 10.2. The number of nitrogens with zero attached hydrogens (tertiary/aromatic N) is 1. The van der Waals surface area contributed by atoms with Crippen molar-refractivity contribution in [2.24, 2.45) is 0 Å². The lowest BCUT2D eigenvalue weighted by Gasteiger charge is -2.14. The van der Waals surface area contributed by atoms with Gasteiger partial charge in [0.2, 0.25) is 0 Å². The number of nitrogens with one attached hydrogen (secondary N) is 2. The highest BCUT2D eigenvalue weighted by molar-refractivity contribution is 5.82. The van der Waals surface area contributed by atoms with Crippen molar-refractivity contribution in [2.45, 2.75) is 12.5 Å². The van der Waals surface area contributed by atoms with Gasteiger partial charge in [-0.05, 0) is 14.1 Å². The van der Waals surface area contributed by atoms with Crippen molar-refractivity contribution in [3.8, 4) is 0 Å². The molecule has 0 aliphatic heterocycles. The van der Waals surface area contributed by atoms with E-state index in [0.717, 1.165) is 6.54 Å². The lowest BCUT2D eigenvalue weighted by molar-refractivity contribution is -0.139. The second kappa shape index (κ2) is 10.5. The minimum Gasteiger partial charge on any atom is -0.480 e. The van der Waals surface area contributed by atoms with Crippen LogP contribution in [0.4, 0.5) is 4.79 Å². The summed E-state index contributed by atoms with van der Waals surface area (Å²) in [4.78, 5) is 24.0. The Bertz CT molecular complexity index is 273. The number of carboxylic acid groups (broad SMARTS) is 1. The van der Waals surface area contributed by atoms with E-state index in [1.54, 1.807) is 0 Å². The summed E-state index contributed by atoms with van der Waals surface area (Å²) in [6, 6.07) is -1.67. The van der Waals surface area contributed by atoms with Crippen molar-refractivity contribution in [1.29, 1.82) is 0 Å². The third-order valence-electron chi connectivity index (χ3n) is 2.24. The maximum atomic E-state index is 11.3. The fourth-order valence-electron chi connectivity index (χ4n) is 1.18. The van der Waals surface area contributed by atoms with E-state index in [-0.39, 0.29) is 13.0 Å². The Balaban J connectivity index is 3.65. The highest BCUT2D eigenvalue weighted by atomic mass is 16.5. The van der Waals surface area contributed by atoms with E-state index in [1.807, 2.05) is 19.0 Å². The number of aliphatic carboxylic acids is 1. The van der Waals surface area contributed by atoms with E-state index in [4.69, 9.17) is 14.9 Å². The maximum Gasteiger partial charge on any atom is 0.326 e. The Kier molecular flexibility index (Phi) is 9.77. The molecule has 0 radical (unpaired) electrons. The molecule has 0 saturated heterocycles. The van der Waals surface area contributed by atoms with Crippen LogP contribution in [-0.2, 0) is 9.53 Å². The van der Waals surface area contributed by atoms with Gasteiger partial charge in [-0.25, -0.2) is 9.59 Å². The summed E-state index contributed by atoms with van der Waals surface area (Å²) in [5.41, 5.74) is 0. The Morgan fingerprint density at radius 3 is 2.53 bits per heavy atom. The van der Waals surface area contributed by atoms with Gasteiger partial charge in [0.25, 0.3) is 0 Å². The number of amides is 2. The Morgan fingerprint density at radius 1 is 1.32 bits per heavy atom. The van der Waals surface area contributed by atoms with Gasteiger partial charge >= 0.3 is 12.0 Å². The van der Waals surface area contributed by atoms with Gasteiger partial charge in [-0.2, -0.15) is 0 Å². The number of carbonyl (C=O) groups is 2. The molecule has 8 nitrogen and oxygen atoms in total. The molecule has 112 valence electrons. The normalized spacial score (nSPS) is 12.2. The van der Waals surface area contributed by atoms with Gasteiger partial charge < -0.3 is 30.5 Å². The molecule has 1 atom stereocenters. The van der Waals surface area contributed by atoms with Crippen LogP contribution in [0.1, 0.15) is 6.42 Å². The number of urea groups is 1. The zero-order chi connectivity index (χ0) is 14.7. The first-order chi connectivity index (χ1) is 8.97. The lowest BCUT2D eigenvalue weighted by atomic mass is 10.2.